The van der Waals surface area contributed by atoms with E-state index in [0.29, 0.717) is 18.9 Å². The van der Waals surface area contributed by atoms with Crippen molar-refractivity contribution < 1.29 is 9.90 Å². The van der Waals surface area contributed by atoms with Gasteiger partial charge >= 0.3 is 0 Å². The van der Waals surface area contributed by atoms with E-state index in [1.807, 2.05) is 27.7 Å². The highest BCUT2D eigenvalue weighted by Gasteiger charge is 2.26. The van der Waals surface area contributed by atoms with E-state index in [9.17, 15) is 9.90 Å². The molecule has 0 aliphatic heterocycles. The van der Waals surface area contributed by atoms with Crippen molar-refractivity contribution in [1.82, 2.24) is 5.32 Å². The molecule has 0 spiro atoms. The molecule has 0 aromatic rings. The van der Waals surface area contributed by atoms with Crippen LogP contribution in [0.25, 0.3) is 0 Å². The van der Waals surface area contributed by atoms with Gasteiger partial charge in [-0.3, -0.25) is 4.79 Å². The highest BCUT2D eigenvalue weighted by Crippen LogP contribution is 2.24. The second-order valence-electron chi connectivity index (χ2n) is 5.25. The van der Waals surface area contributed by atoms with Gasteiger partial charge in [0.25, 0.3) is 0 Å². The second kappa shape index (κ2) is 7.67. The lowest BCUT2D eigenvalue weighted by atomic mass is 9.83. The number of hydrogen-bond acceptors (Lipinski definition) is 3. The molecule has 0 aromatic heterocycles. The molecule has 0 rings (SSSR count). The summed E-state index contributed by atoms with van der Waals surface area (Å²) in [6.45, 7) is 8.72. The van der Waals surface area contributed by atoms with E-state index in [1.54, 1.807) is 0 Å². The summed E-state index contributed by atoms with van der Waals surface area (Å²) in [6.07, 6.45) is 2.07. The summed E-state index contributed by atoms with van der Waals surface area (Å²) in [7, 11) is 0. The third-order valence-electron chi connectivity index (χ3n) is 3.77. The lowest BCUT2D eigenvalue weighted by molar-refractivity contribution is -0.122. The van der Waals surface area contributed by atoms with E-state index in [-0.39, 0.29) is 24.0 Å². The predicted octanol–water partition coefficient (Wildman–Crippen LogP) is 1.27. The summed E-state index contributed by atoms with van der Waals surface area (Å²) in [5, 5.41) is 12.3. The van der Waals surface area contributed by atoms with Gasteiger partial charge in [-0.25, -0.2) is 0 Å². The Morgan fingerprint density at radius 3 is 2.24 bits per heavy atom. The van der Waals surface area contributed by atoms with Crippen LogP contribution in [0.5, 0.6) is 0 Å². The van der Waals surface area contributed by atoms with Crippen LogP contribution in [0.2, 0.25) is 0 Å². The third kappa shape index (κ3) is 5.50. The fourth-order valence-electron chi connectivity index (χ4n) is 1.59. The molecular weight excluding hydrogens is 216 g/mol. The van der Waals surface area contributed by atoms with Crippen molar-refractivity contribution in [1.29, 1.82) is 0 Å². The number of hydrogen-bond donors (Lipinski definition) is 3. The molecule has 1 atom stereocenters. The molecular formula is C13H28N2O2. The van der Waals surface area contributed by atoms with Crippen LogP contribution in [0.4, 0.5) is 0 Å². The van der Waals surface area contributed by atoms with Gasteiger partial charge in [0.05, 0.1) is 6.61 Å². The van der Waals surface area contributed by atoms with E-state index in [0.717, 1.165) is 12.8 Å². The summed E-state index contributed by atoms with van der Waals surface area (Å²) in [5.74, 6) is 0.284. The molecule has 1 unspecified atom stereocenters. The minimum atomic E-state index is -0.183. The minimum Gasteiger partial charge on any atom is -0.396 e. The Labute approximate surface area is 105 Å². The Hall–Kier alpha value is -0.610. The fourth-order valence-corrected chi connectivity index (χ4v) is 1.59. The van der Waals surface area contributed by atoms with E-state index in [4.69, 9.17) is 5.73 Å². The molecule has 4 N–H and O–H groups in total. The van der Waals surface area contributed by atoms with Crippen LogP contribution in [0.1, 0.15) is 47.0 Å². The molecule has 4 heteroatoms. The molecule has 0 radical (unpaired) electrons. The zero-order valence-corrected chi connectivity index (χ0v) is 11.6. The topological polar surface area (TPSA) is 75.3 Å². The molecule has 0 fully saturated rings. The highest BCUT2D eigenvalue weighted by atomic mass is 16.3. The van der Waals surface area contributed by atoms with Crippen LogP contribution < -0.4 is 11.1 Å². The Bertz CT molecular complexity index is 217. The van der Waals surface area contributed by atoms with Gasteiger partial charge in [0.1, 0.15) is 0 Å². The van der Waals surface area contributed by atoms with E-state index >= 15 is 0 Å². The number of nitrogens with one attached hydrogen (secondary N) is 1. The van der Waals surface area contributed by atoms with Crippen molar-refractivity contribution in [3.05, 3.63) is 0 Å². The fraction of sp³-hybridized carbons (Fsp3) is 0.923. The molecule has 4 nitrogen and oxygen atoms in total. The second-order valence-corrected chi connectivity index (χ2v) is 5.25. The summed E-state index contributed by atoms with van der Waals surface area (Å²) in [6, 6.07) is -0.0956. The maximum Gasteiger partial charge on any atom is 0.221 e. The number of carbonyl (C=O) groups is 1. The minimum absolute atomic E-state index is 0.0223. The molecule has 0 heterocycles. The van der Waals surface area contributed by atoms with Crippen LogP contribution in [-0.2, 0) is 4.79 Å². The van der Waals surface area contributed by atoms with Crippen molar-refractivity contribution in [3.8, 4) is 0 Å². The Kier molecular flexibility index (Phi) is 7.39. The number of carbonyl (C=O) groups excluding carboxylic acids is 1. The van der Waals surface area contributed by atoms with Crippen molar-refractivity contribution >= 4 is 5.91 Å². The van der Waals surface area contributed by atoms with Crippen molar-refractivity contribution in [2.24, 2.45) is 17.1 Å². The normalized spacial score (nSPS) is 13.8. The average Bonchev–Trinajstić information content (AvgIpc) is 2.31. The standard InChI is InChI=1S/C13H28N2O2/c1-5-13(6-2,9-16)8-15-12(17)7-11(14)10(3)4/h10-11,16H,5-9,14H2,1-4H3,(H,15,17). The summed E-state index contributed by atoms with van der Waals surface area (Å²) in [4.78, 5) is 11.7. The van der Waals surface area contributed by atoms with Gasteiger partial charge in [0.15, 0.2) is 0 Å². The molecule has 102 valence electrons. The maximum absolute atomic E-state index is 11.7. The predicted molar refractivity (Wildman–Crippen MR) is 70.5 cm³/mol. The largest absolute Gasteiger partial charge is 0.396 e. The number of nitrogens with two attached hydrogens (primary N) is 1. The van der Waals surface area contributed by atoms with Gasteiger partial charge < -0.3 is 16.2 Å². The first kappa shape index (κ1) is 16.4. The van der Waals surface area contributed by atoms with E-state index in [2.05, 4.69) is 5.32 Å². The van der Waals surface area contributed by atoms with Gasteiger partial charge in [-0.1, -0.05) is 27.7 Å². The molecule has 17 heavy (non-hydrogen) atoms. The SMILES string of the molecule is CCC(CC)(CO)CNC(=O)CC(N)C(C)C. The first-order chi connectivity index (χ1) is 7.90. The Morgan fingerprint density at radius 1 is 1.35 bits per heavy atom. The van der Waals surface area contributed by atoms with Gasteiger partial charge in [0, 0.05) is 24.4 Å². The lowest BCUT2D eigenvalue weighted by Crippen LogP contribution is -2.42. The van der Waals surface area contributed by atoms with Crippen LogP contribution in [0.15, 0.2) is 0 Å². The van der Waals surface area contributed by atoms with Crippen LogP contribution >= 0.6 is 0 Å². The summed E-state index contributed by atoms with van der Waals surface area (Å²) in [5.41, 5.74) is 5.66. The monoisotopic (exact) mass is 244 g/mol. The van der Waals surface area contributed by atoms with E-state index < -0.39 is 0 Å². The van der Waals surface area contributed by atoms with E-state index in [1.165, 1.54) is 0 Å². The van der Waals surface area contributed by atoms with Gasteiger partial charge in [-0.05, 0) is 18.8 Å². The van der Waals surface area contributed by atoms with Gasteiger partial charge in [-0.2, -0.15) is 0 Å². The molecule has 1 amide bonds. The average molecular weight is 244 g/mol. The van der Waals surface area contributed by atoms with Crippen LogP contribution in [0, 0.1) is 11.3 Å². The Balaban J connectivity index is 4.14. The van der Waals surface area contributed by atoms with Crippen LogP contribution in [-0.4, -0.2) is 30.2 Å². The number of aliphatic hydroxyl groups excluding tert-OH is 1. The smallest absolute Gasteiger partial charge is 0.221 e. The third-order valence-corrected chi connectivity index (χ3v) is 3.77. The van der Waals surface area contributed by atoms with Crippen LogP contribution in [0.3, 0.4) is 0 Å². The first-order valence-electron chi connectivity index (χ1n) is 6.54. The number of aliphatic hydroxyl groups is 1. The molecule has 0 aromatic carbocycles. The lowest BCUT2D eigenvalue weighted by Gasteiger charge is -2.29. The molecule has 0 saturated carbocycles. The number of amides is 1. The molecule has 0 aliphatic rings. The maximum atomic E-state index is 11.7. The summed E-state index contributed by atoms with van der Waals surface area (Å²) < 4.78 is 0. The summed E-state index contributed by atoms with van der Waals surface area (Å²) >= 11 is 0. The Morgan fingerprint density at radius 2 is 1.88 bits per heavy atom. The van der Waals surface area contributed by atoms with Crippen molar-refractivity contribution in [2.45, 2.75) is 53.0 Å². The molecule has 0 saturated heterocycles. The quantitative estimate of drug-likeness (QED) is 0.602. The van der Waals surface area contributed by atoms with Gasteiger partial charge in [0.2, 0.25) is 5.91 Å². The van der Waals surface area contributed by atoms with Crippen molar-refractivity contribution in [2.75, 3.05) is 13.2 Å². The zero-order chi connectivity index (χ0) is 13.5. The first-order valence-corrected chi connectivity index (χ1v) is 6.54. The molecule has 0 bridgehead atoms. The molecule has 0 aliphatic carbocycles. The number of rotatable bonds is 8. The van der Waals surface area contributed by atoms with Gasteiger partial charge in [-0.15, -0.1) is 0 Å². The highest BCUT2D eigenvalue weighted by molar-refractivity contribution is 5.76. The zero-order valence-electron chi connectivity index (χ0n) is 11.6. The van der Waals surface area contributed by atoms with Crippen molar-refractivity contribution in [3.63, 3.8) is 0 Å².